The van der Waals surface area contributed by atoms with E-state index in [0.717, 1.165) is 10.0 Å². The Bertz CT molecular complexity index is 651. The Balaban J connectivity index is 2.23. The van der Waals surface area contributed by atoms with Crippen molar-refractivity contribution >= 4 is 38.9 Å². The van der Waals surface area contributed by atoms with Gasteiger partial charge < -0.3 is 5.32 Å². The van der Waals surface area contributed by atoms with E-state index in [0.29, 0.717) is 10.8 Å². The Morgan fingerprint density at radius 1 is 1.45 bits per heavy atom. The van der Waals surface area contributed by atoms with Crippen molar-refractivity contribution in [2.75, 3.05) is 5.32 Å². The molecule has 0 bridgehead atoms. The number of nitro benzene ring substituents is 1. The van der Waals surface area contributed by atoms with Gasteiger partial charge in [0.2, 0.25) is 0 Å². The second-order valence-electron chi connectivity index (χ2n) is 4.21. The summed E-state index contributed by atoms with van der Waals surface area (Å²) in [7, 11) is 0. The van der Waals surface area contributed by atoms with Gasteiger partial charge in [0, 0.05) is 28.8 Å². The summed E-state index contributed by atoms with van der Waals surface area (Å²) in [6, 6.07) is 8.16. The number of hydrogen-bond acceptors (Lipinski definition) is 4. The minimum Gasteiger partial charge on any atom is -0.376 e. The maximum Gasteiger partial charge on any atom is 0.269 e. The SMILES string of the molecule is CC(Nc1cc(Br)cnc1Cl)c1cccc([N+](=O)[O-])c1. The van der Waals surface area contributed by atoms with Gasteiger partial charge in [-0.15, -0.1) is 0 Å². The Labute approximate surface area is 129 Å². The topological polar surface area (TPSA) is 68.1 Å². The van der Waals surface area contributed by atoms with E-state index in [1.807, 2.05) is 19.1 Å². The number of halogens is 2. The first-order chi connectivity index (χ1) is 9.47. The van der Waals surface area contributed by atoms with Gasteiger partial charge in [0.05, 0.1) is 10.6 Å². The molecule has 20 heavy (non-hydrogen) atoms. The first kappa shape index (κ1) is 14.7. The van der Waals surface area contributed by atoms with Crippen LogP contribution in [-0.2, 0) is 0 Å². The van der Waals surface area contributed by atoms with Gasteiger partial charge in [0.1, 0.15) is 0 Å². The zero-order chi connectivity index (χ0) is 14.7. The predicted molar refractivity (Wildman–Crippen MR) is 82.1 cm³/mol. The number of hydrogen-bond donors (Lipinski definition) is 1. The van der Waals surface area contributed by atoms with Crippen LogP contribution in [0.1, 0.15) is 18.5 Å². The molecule has 1 aromatic carbocycles. The molecule has 2 rings (SSSR count). The van der Waals surface area contributed by atoms with Crippen molar-refractivity contribution < 1.29 is 4.92 Å². The molecule has 0 aliphatic carbocycles. The zero-order valence-electron chi connectivity index (χ0n) is 10.5. The number of pyridine rings is 1. The lowest BCUT2D eigenvalue weighted by Crippen LogP contribution is -2.07. The van der Waals surface area contributed by atoms with E-state index in [4.69, 9.17) is 11.6 Å². The minimum atomic E-state index is -0.413. The number of non-ortho nitro benzene ring substituents is 1. The molecule has 104 valence electrons. The van der Waals surface area contributed by atoms with Crippen molar-refractivity contribution in [3.8, 4) is 0 Å². The largest absolute Gasteiger partial charge is 0.376 e. The summed E-state index contributed by atoms with van der Waals surface area (Å²) in [5.74, 6) is 0. The van der Waals surface area contributed by atoms with Gasteiger partial charge >= 0.3 is 0 Å². The summed E-state index contributed by atoms with van der Waals surface area (Å²) in [4.78, 5) is 14.4. The van der Waals surface area contributed by atoms with Crippen LogP contribution in [0.2, 0.25) is 5.15 Å². The van der Waals surface area contributed by atoms with Gasteiger partial charge in [0.15, 0.2) is 5.15 Å². The fourth-order valence-electron chi connectivity index (χ4n) is 1.75. The van der Waals surface area contributed by atoms with Crippen LogP contribution in [0, 0.1) is 10.1 Å². The smallest absolute Gasteiger partial charge is 0.269 e. The van der Waals surface area contributed by atoms with Crippen LogP contribution in [0.5, 0.6) is 0 Å². The van der Waals surface area contributed by atoms with Crippen molar-refractivity contribution in [2.45, 2.75) is 13.0 Å². The van der Waals surface area contributed by atoms with E-state index in [-0.39, 0.29) is 11.7 Å². The van der Waals surface area contributed by atoms with Crippen LogP contribution in [-0.4, -0.2) is 9.91 Å². The molecule has 2 aromatic rings. The summed E-state index contributed by atoms with van der Waals surface area (Å²) in [6.45, 7) is 1.90. The number of benzene rings is 1. The highest BCUT2D eigenvalue weighted by molar-refractivity contribution is 9.10. The van der Waals surface area contributed by atoms with Gasteiger partial charge in [0.25, 0.3) is 5.69 Å². The highest BCUT2D eigenvalue weighted by Crippen LogP contribution is 2.28. The first-order valence-electron chi connectivity index (χ1n) is 5.79. The summed E-state index contributed by atoms with van der Waals surface area (Å²) >= 11 is 9.33. The molecule has 0 spiro atoms. The Kier molecular flexibility index (Phi) is 4.57. The molecule has 5 nitrogen and oxygen atoms in total. The van der Waals surface area contributed by atoms with E-state index in [1.165, 1.54) is 12.1 Å². The quantitative estimate of drug-likeness (QED) is 0.494. The van der Waals surface area contributed by atoms with Crippen LogP contribution >= 0.6 is 27.5 Å². The highest BCUT2D eigenvalue weighted by atomic mass is 79.9. The minimum absolute atomic E-state index is 0.0645. The average molecular weight is 357 g/mol. The highest BCUT2D eigenvalue weighted by Gasteiger charge is 2.12. The lowest BCUT2D eigenvalue weighted by molar-refractivity contribution is -0.384. The molecule has 1 N–H and O–H groups in total. The van der Waals surface area contributed by atoms with Crippen molar-refractivity contribution in [3.05, 3.63) is 61.8 Å². The van der Waals surface area contributed by atoms with E-state index in [2.05, 4.69) is 26.2 Å². The third kappa shape index (κ3) is 3.46. The molecule has 0 amide bonds. The first-order valence-corrected chi connectivity index (χ1v) is 6.96. The molecule has 7 heteroatoms. The second kappa shape index (κ2) is 6.19. The molecular weight excluding hydrogens is 346 g/mol. The number of anilines is 1. The average Bonchev–Trinajstić information content (AvgIpc) is 2.43. The van der Waals surface area contributed by atoms with E-state index in [9.17, 15) is 10.1 Å². The third-order valence-electron chi connectivity index (χ3n) is 2.76. The van der Waals surface area contributed by atoms with Gasteiger partial charge in [-0.05, 0) is 34.5 Å². The van der Waals surface area contributed by atoms with Crippen LogP contribution < -0.4 is 5.32 Å². The molecule has 0 aliphatic heterocycles. The van der Waals surface area contributed by atoms with Crippen LogP contribution in [0.25, 0.3) is 0 Å². The number of nitrogens with one attached hydrogen (secondary N) is 1. The molecule has 0 saturated carbocycles. The lowest BCUT2D eigenvalue weighted by atomic mass is 10.1. The number of rotatable bonds is 4. The molecule has 0 aliphatic rings. The molecule has 0 radical (unpaired) electrons. The van der Waals surface area contributed by atoms with Gasteiger partial charge in [-0.2, -0.15) is 0 Å². The maximum absolute atomic E-state index is 10.8. The number of nitrogens with zero attached hydrogens (tertiary/aromatic N) is 2. The maximum atomic E-state index is 10.8. The van der Waals surface area contributed by atoms with E-state index < -0.39 is 4.92 Å². The normalized spacial score (nSPS) is 11.9. The second-order valence-corrected chi connectivity index (χ2v) is 5.48. The van der Waals surface area contributed by atoms with Crippen LogP contribution in [0.4, 0.5) is 11.4 Å². The Morgan fingerprint density at radius 3 is 2.90 bits per heavy atom. The van der Waals surface area contributed by atoms with E-state index >= 15 is 0 Å². The van der Waals surface area contributed by atoms with Crippen LogP contribution in [0.3, 0.4) is 0 Å². The molecule has 0 saturated heterocycles. The van der Waals surface area contributed by atoms with Crippen molar-refractivity contribution in [3.63, 3.8) is 0 Å². The van der Waals surface area contributed by atoms with Crippen molar-refractivity contribution in [1.82, 2.24) is 4.98 Å². The number of aromatic nitrogens is 1. The molecule has 1 heterocycles. The molecular formula is C13H11BrClN3O2. The fourth-order valence-corrected chi connectivity index (χ4v) is 2.24. The summed E-state index contributed by atoms with van der Waals surface area (Å²) < 4.78 is 0.802. The monoisotopic (exact) mass is 355 g/mol. The van der Waals surface area contributed by atoms with Crippen LogP contribution in [0.15, 0.2) is 41.0 Å². The van der Waals surface area contributed by atoms with E-state index in [1.54, 1.807) is 12.3 Å². The van der Waals surface area contributed by atoms with Gasteiger partial charge in [-0.1, -0.05) is 23.7 Å². The standard InChI is InChI=1S/C13H11BrClN3O2/c1-8(9-3-2-4-11(5-9)18(19)20)17-12-6-10(14)7-16-13(12)15/h2-8,17H,1H3. The summed E-state index contributed by atoms with van der Waals surface area (Å²) in [5.41, 5.74) is 1.53. The molecule has 0 fully saturated rings. The fraction of sp³-hybridized carbons (Fsp3) is 0.154. The molecule has 1 unspecified atom stereocenters. The van der Waals surface area contributed by atoms with Crippen molar-refractivity contribution in [1.29, 1.82) is 0 Å². The Hall–Kier alpha value is -1.66. The Morgan fingerprint density at radius 2 is 2.20 bits per heavy atom. The molecule has 1 aromatic heterocycles. The van der Waals surface area contributed by atoms with Gasteiger partial charge in [-0.25, -0.2) is 4.98 Å². The van der Waals surface area contributed by atoms with Crippen molar-refractivity contribution in [2.24, 2.45) is 0 Å². The predicted octanol–water partition coefficient (Wildman–Crippen LogP) is 4.58. The van der Waals surface area contributed by atoms with Gasteiger partial charge in [-0.3, -0.25) is 10.1 Å². The zero-order valence-corrected chi connectivity index (χ0v) is 12.9. The summed E-state index contributed by atoms with van der Waals surface area (Å²) in [5, 5.41) is 14.3. The summed E-state index contributed by atoms with van der Waals surface area (Å²) in [6.07, 6.45) is 1.60. The molecule has 1 atom stereocenters. The lowest BCUT2D eigenvalue weighted by Gasteiger charge is -2.16. The third-order valence-corrected chi connectivity index (χ3v) is 3.49. The number of nitro groups is 1.